The van der Waals surface area contributed by atoms with Crippen LogP contribution in [0.3, 0.4) is 0 Å². The van der Waals surface area contributed by atoms with E-state index < -0.39 is 17.7 Å². The molecule has 0 radical (unpaired) electrons. The van der Waals surface area contributed by atoms with Gasteiger partial charge in [-0.25, -0.2) is 4.39 Å². The van der Waals surface area contributed by atoms with E-state index in [1.165, 1.54) is 24.3 Å². The number of hydrogen-bond donors (Lipinski definition) is 1. The molecule has 1 heterocycles. The maximum absolute atomic E-state index is 12.8. The number of imide groups is 1. The van der Waals surface area contributed by atoms with Crippen molar-refractivity contribution in [2.45, 2.75) is 0 Å². The number of nitrogens with zero attached hydrogens (tertiary/aromatic N) is 1. The van der Waals surface area contributed by atoms with E-state index in [-0.39, 0.29) is 18.9 Å². The van der Waals surface area contributed by atoms with Gasteiger partial charge in [-0.1, -0.05) is 24.0 Å². The summed E-state index contributed by atoms with van der Waals surface area (Å²) in [4.78, 5) is 37.1. The largest absolute Gasteiger partial charge is 0.344 e. The summed E-state index contributed by atoms with van der Waals surface area (Å²) in [6.07, 6.45) is 0. The molecule has 25 heavy (non-hydrogen) atoms. The quantitative estimate of drug-likeness (QED) is 0.684. The Morgan fingerprint density at radius 2 is 1.60 bits per heavy atom. The van der Waals surface area contributed by atoms with Crippen molar-refractivity contribution in [1.82, 2.24) is 10.2 Å². The number of amides is 3. The first-order valence-corrected chi connectivity index (χ1v) is 7.52. The molecule has 1 aliphatic heterocycles. The molecule has 0 bridgehead atoms. The van der Waals surface area contributed by atoms with Crippen LogP contribution >= 0.6 is 0 Å². The third-order valence-corrected chi connectivity index (χ3v) is 3.63. The first kappa shape index (κ1) is 16.4. The number of hydrogen-bond acceptors (Lipinski definition) is 3. The first-order valence-electron chi connectivity index (χ1n) is 7.52. The minimum absolute atomic E-state index is 0.0549. The van der Waals surface area contributed by atoms with Crippen molar-refractivity contribution in [3.63, 3.8) is 0 Å². The van der Waals surface area contributed by atoms with Crippen LogP contribution in [0.1, 0.15) is 26.3 Å². The Balaban J connectivity index is 1.55. The molecule has 3 rings (SSSR count). The Morgan fingerprint density at radius 1 is 1.00 bits per heavy atom. The van der Waals surface area contributed by atoms with E-state index in [1.54, 1.807) is 24.3 Å². The Kier molecular flexibility index (Phi) is 4.57. The molecule has 1 aliphatic rings. The van der Waals surface area contributed by atoms with Gasteiger partial charge in [0, 0.05) is 5.56 Å². The van der Waals surface area contributed by atoms with E-state index in [0.29, 0.717) is 16.7 Å². The molecule has 3 amide bonds. The molecule has 5 nitrogen and oxygen atoms in total. The monoisotopic (exact) mass is 336 g/mol. The summed E-state index contributed by atoms with van der Waals surface area (Å²) in [5, 5.41) is 2.53. The summed E-state index contributed by atoms with van der Waals surface area (Å²) >= 11 is 0. The molecular formula is C19H13FN2O3. The van der Waals surface area contributed by atoms with Gasteiger partial charge in [0.2, 0.25) is 5.91 Å². The summed E-state index contributed by atoms with van der Waals surface area (Å²) in [6.45, 7) is -0.302. The fourth-order valence-electron chi connectivity index (χ4n) is 2.40. The second kappa shape index (κ2) is 6.97. The maximum Gasteiger partial charge on any atom is 0.262 e. The molecule has 0 spiro atoms. The van der Waals surface area contributed by atoms with Crippen LogP contribution in [0.4, 0.5) is 4.39 Å². The van der Waals surface area contributed by atoms with Gasteiger partial charge >= 0.3 is 0 Å². The van der Waals surface area contributed by atoms with Crippen molar-refractivity contribution in [1.29, 1.82) is 0 Å². The zero-order valence-corrected chi connectivity index (χ0v) is 13.1. The van der Waals surface area contributed by atoms with E-state index in [4.69, 9.17) is 0 Å². The van der Waals surface area contributed by atoms with Crippen LogP contribution in [0, 0.1) is 17.7 Å². The van der Waals surface area contributed by atoms with E-state index in [2.05, 4.69) is 17.2 Å². The van der Waals surface area contributed by atoms with Crippen LogP contribution in [0.5, 0.6) is 0 Å². The highest BCUT2D eigenvalue weighted by Crippen LogP contribution is 2.21. The molecule has 1 N–H and O–H groups in total. The molecule has 124 valence electrons. The fourth-order valence-corrected chi connectivity index (χ4v) is 2.40. The molecule has 0 atom stereocenters. The van der Waals surface area contributed by atoms with Gasteiger partial charge in [-0.3, -0.25) is 19.3 Å². The molecule has 0 saturated heterocycles. The number of benzene rings is 2. The summed E-state index contributed by atoms with van der Waals surface area (Å²) in [5.74, 6) is 3.71. The van der Waals surface area contributed by atoms with Crippen LogP contribution in [-0.2, 0) is 4.79 Å². The maximum atomic E-state index is 12.8. The van der Waals surface area contributed by atoms with Gasteiger partial charge < -0.3 is 5.32 Å². The lowest BCUT2D eigenvalue weighted by Gasteiger charge is -2.12. The second-order valence-corrected chi connectivity index (χ2v) is 5.33. The molecule has 0 aliphatic carbocycles. The van der Waals surface area contributed by atoms with Crippen molar-refractivity contribution < 1.29 is 18.8 Å². The molecule has 6 heteroatoms. The van der Waals surface area contributed by atoms with Crippen molar-refractivity contribution in [2.24, 2.45) is 0 Å². The zero-order chi connectivity index (χ0) is 17.8. The minimum Gasteiger partial charge on any atom is -0.344 e. The number of halogens is 1. The van der Waals surface area contributed by atoms with E-state index >= 15 is 0 Å². The van der Waals surface area contributed by atoms with Gasteiger partial charge in [-0.05, 0) is 36.4 Å². The second-order valence-electron chi connectivity index (χ2n) is 5.33. The van der Waals surface area contributed by atoms with Gasteiger partial charge in [0.05, 0.1) is 17.7 Å². The SMILES string of the molecule is O=C(CN1C(=O)c2ccccc2C1=O)NCC#Cc1ccc(F)cc1. The Bertz CT molecular complexity index is 875. The summed E-state index contributed by atoms with van der Waals surface area (Å²) in [6, 6.07) is 12.1. The number of carbonyl (C=O) groups is 3. The highest BCUT2D eigenvalue weighted by molar-refractivity contribution is 6.22. The predicted octanol–water partition coefficient (Wildman–Crippen LogP) is 1.59. The Morgan fingerprint density at radius 3 is 2.20 bits per heavy atom. The lowest BCUT2D eigenvalue weighted by atomic mass is 10.1. The molecule has 0 saturated carbocycles. The average Bonchev–Trinajstić information content (AvgIpc) is 2.86. The lowest BCUT2D eigenvalue weighted by Crippen LogP contribution is -2.40. The Hall–Kier alpha value is -3.46. The third-order valence-electron chi connectivity index (χ3n) is 3.63. The molecule has 0 unspecified atom stereocenters. The van der Waals surface area contributed by atoms with Crippen LogP contribution in [0.25, 0.3) is 0 Å². The molecule has 0 aromatic heterocycles. The van der Waals surface area contributed by atoms with Gasteiger partial charge in [0.15, 0.2) is 0 Å². The Labute approximate surface area is 143 Å². The van der Waals surface area contributed by atoms with Crippen molar-refractivity contribution in [2.75, 3.05) is 13.1 Å². The normalized spacial score (nSPS) is 12.4. The number of carbonyl (C=O) groups excluding carboxylic acids is 3. The van der Waals surface area contributed by atoms with Crippen molar-refractivity contribution >= 4 is 17.7 Å². The number of nitrogens with one attached hydrogen (secondary N) is 1. The smallest absolute Gasteiger partial charge is 0.262 e. The molecule has 2 aromatic rings. The van der Waals surface area contributed by atoms with Gasteiger partial charge in [-0.15, -0.1) is 0 Å². The summed E-state index contributed by atoms with van der Waals surface area (Å²) in [7, 11) is 0. The van der Waals surface area contributed by atoms with Crippen LogP contribution in [0.2, 0.25) is 0 Å². The number of rotatable bonds is 3. The number of fused-ring (bicyclic) bond motifs is 1. The van der Waals surface area contributed by atoms with Crippen LogP contribution in [0.15, 0.2) is 48.5 Å². The highest BCUT2D eigenvalue weighted by Gasteiger charge is 2.36. The topological polar surface area (TPSA) is 66.5 Å². The van der Waals surface area contributed by atoms with Crippen LogP contribution in [-0.4, -0.2) is 35.7 Å². The molecular weight excluding hydrogens is 323 g/mol. The van der Waals surface area contributed by atoms with E-state index in [0.717, 1.165) is 4.90 Å². The van der Waals surface area contributed by atoms with Gasteiger partial charge in [0.1, 0.15) is 12.4 Å². The van der Waals surface area contributed by atoms with Crippen molar-refractivity contribution in [3.8, 4) is 11.8 Å². The van der Waals surface area contributed by atoms with Gasteiger partial charge in [0.25, 0.3) is 11.8 Å². The summed E-state index contributed by atoms with van der Waals surface area (Å²) in [5.41, 5.74) is 1.23. The minimum atomic E-state index is -0.483. The molecule has 2 aromatic carbocycles. The van der Waals surface area contributed by atoms with Gasteiger partial charge in [-0.2, -0.15) is 0 Å². The predicted molar refractivity (Wildman–Crippen MR) is 88.1 cm³/mol. The lowest BCUT2D eigenvalue weighted by molar-refractivity contribution is -0.121. The van der Waals surface area contributed by atoms with E-state index in [9.17, 15) is 18.8 Å². The summed E-state index contributed by atoms with van der Waals surface area (Å²) < 4.78 is 12.8. The van der Waals surface area contributed by atoms with E-state index in [1.807, 2.05) is 0 Å². The third kappa shape index (κ3) is 3.56. The standard InChI is InChI=1S/C19H13FN2O3/c20-14-9-7-13(8-10-14)4-3-11-21-17(23)12-22-18(24)15-5-1-2-6-16(15)19(22)25/h1-2,5-10H,11-12H2,(H,21,23). The first-order chi connectivity index (χ1) is 12.1. The van der Waals surface area contributed by atoms with Crippen LogP contribution < -0.4 is 5.32 Å². The highest BCUT2D eigenvalue weighted by atomic mass is 19.1. The average molecular weight is 336 g/mol. The fraction of sp³-hybridized carbons (Fsp3) is 0.105. The zero-order valence-electron chi connectivity index (χ0n) is 13.1. The van der Waals surface area contributed by atoms with Crippen molar-refractivity contribution in [3.05, 3.63) is 71.0 Å². The molecule has 0 fully saturated rings.